The summed E-state index contributed by atoms with van der Waals surface area (Å²) in [6, 6.07) is 18.0. The normalized spacial score (nSPS) is 9.53. The van der Waals surface area contributed by atoms with E-state index in [1.54, 1.807) is 6.92 Å². The lowest BCUT2D eigenvalue weighted by Crippen LogP contribution is -2.05. The molecule has 0 fully saturated rings. The zero-order valence-electron chi connectivity index (χ0n) is 21.6. The van der Waals surface area contributed by atoms with E-state index >= 15 is 0 Å². The first-order valence-electron chi connectivity index (χ1n) is 12.2. The van der Waals surface area contributed by atoms with Gasteiger partial charge >= 0.3 is 5.97 Å². The van der Waals surface area contributed by atoms with Crippen molar-refractivity contribution in [3.05, 3.63) is 103 Å². The molecule has 34 heavy (non-hydrogen) atoms. The molecule has 0 bridgehead atoms. The second-order valence-electron chi connectivity index (χ2n) is 8.52. The molecule has 0 saturated heterocycles. The van der Waals surface area contributed by atoms with Gasteiger partial charge in [0.15, 0.2) is 0 Å². The van der Waals surface area contributed by atoms with Crippen molar-refractivity contribution in [1.82, 2.24) is 0 Å². The first-order valence-corrected chi connectivity index (χ1v) is 12.2. The molecule has 0 amide bonds. The third kappa shape index (κ3) is 16.5. The van der Waals surface area contributed by atoms with Crippen molar-refractivity contribution >= 4 is 24.2 Å². The molecule has 0 spiro atoms. The summed E-state index contributed by atoms with van der Waals surface area (Å²) in [6.07, 6.45) is 12.8. The van der Waals surface area contributed by atoms with E-state index in [-0.39, 0.29) is 5.97 Å². The molecule has 0 atom stereocenters. The molecule has 2 rings (SSSR count). The zero-order chi connectivity index (χ0) is 25.6. The molecule has 0 aliphatic rings. The molecule has 0 heterocycles. The van der Waals surface area contributed by atoms with Crippen molar-refractivity contribution in [1.29, 1.82) is 0 Å². The monoisotopic (exact) mass is 460 g/mol. The SMILES string of the molecule is C=C(C)C(=O)OCCCCCCCC(C)C.C=Cc1ccccc1.C=Cc1ccccc1C=C. The van der Waals surface area contributed by atoms with Crippen LogP contribution >= 0.6 is 0 Å². The van der Waals surface area contributed by atoms with Crippen LogP contribution in [0, 0.1) is 5.92 Å². The number of carbonyl (C=O) groups is 1. The molecule has 184 valence electrons. The summed E-state index contributed by atoms with van der Waals surface area (Å²) in [6.45, 7) is 21.3. The Morgan fingerprint density at radius 2 is 1.29 bits per heavy atom. The van der Waals surface area contributed by atoms with Crippen LogP contribution in [0.15, 0.2) is 86.5 Å². The van der Waals surface area contributed by atoms with E-state index in [1.807, 2.05) is 72.8 Å². The number of hydrogen-bond donors (Lipinski definition) is 0. The van der Waals surface area contributed by atoms with E-state index in [2.05, 4.69) is 40.2 Å². The second kappa shape index (κ2) is 20.5. The Labute approximate surface area is 208 Å². The fraction of sp³-hybridized carbons (Fsp3) is 0.344. The molecular weight excluding hydrogens is 416 g/mol. The number of benzene rings is 2. The van der Waals surface area contributed by atoms with Crippen LogP contribution in [0.25, 0.3) is 18.2 Å². The summed E-state index contributed by atoms with van der Waals surface area (Å²) in [5.74, 6) is 0.552. The molecule has 2 aromatic carbocycles. The minimum atomic E-state index is -0.264. The van der Waals surface area contributed by atoms with Gasteiger partial charge in [-0.25, -0.2) is 4.79 Å². The summed E-state index contributed by atoms with van der Waals surface area (Å²) in [5.41, 5.74) is 3.93. The van der Waals surface area contributed by atoms with Crippen molar-refractivity contribution in [2.45, 2.75) is 59.3 Å². The maximum atomic E-state index is 11.0. The van der Waals surface area contributed by atoms with Gasteiger partial charge < -0.3 is 4.74 Å². The molecule has 0 aliphatic carbocycles. The Kier molecular flexibility index (Phi) is 18.6. The summed E-state index contributed by atoms with van der Waals surface area (Å²) >= 11 is 0. The van der Waals surface area contributed by atoms with Gasteiger partial charge in [-0.2, -0.15) is 0 Å². The average molecular weight is 461 g/mol. The number of hydrogen-bond acceptors (Lipinski definition) is 2. The van der Waals surface area contributed by atoms with E-state index in [0.717, 1.165) is 29.9 Å². The van der Waals surface area contributed by atoms with Gasteiger partial charge in [0.25, 0.3) is 0 Å². The molecule has 0 saturated carbocycles. The number of esters is 1. The van der Waals surface area contributed by atoms with E-state index in [9.17, 15) is 4.79 Å². The van der Waals surface area contributed by atoms with Gasteiger partial charge in [-0.3, -0.25) is 0 Å². The minimum absolute atomic E-state index is 0.264. The third-order valence-corrected chi connectivity index (χ3v) is 4.98. The summed E-state index contributed by atoms with van der Waals surface area (Å²) in [4.78, 5) is 11.0. The van der Waals surface area contributed by atoms with Crippen LogP contribution in [-0.4, -0.2) is 12.6 Å². The highest BCUT2D eigenvalue weighted by molar-refractivity contribution is 5.86. The van der Waals surface area contributed by atoms with E-state index in [4.69, 9.17) is 4.74 Å². The Hall–Kier alpha value is -3.13. The van der Waals surface area contributed by atoms with Crippen LogP contribution in [-0.2, 0) is 9.53 Å². The van der Waals surface area contributed by atoms with Crippen molar-refractivity contribution in [3.8, 4) is 0 Å². The van der Waals surface area contributed by atoms with Gasteiger partial charge in [0, 0.05) is 5.57 Å². The Morgan fingerprint density at radius 3 is 1.74 bits per heavy atom. The van der Waals surface area contributed by atoms with Gasteiger partial charge in [-0.05, 0) is 36.0 Å². The van der Waals surface area contributed by atoms with Gasteiger partial charge in [0.1, 0.15) is 0 Å². The number of ether oxygens (including phenoxy) is 1. The van der Waals surface area contributed by atoms with Gasteiger partial charge in [0.2, 0.25) is 0 Å². The zero-order valence-corrected chi connectivity index (χ0v) is 21.6. The topological polar surface area (TPSA) is 26.3 Å². The van der Waals surface area contributed by atoms with E-state index in [0.29, 0.717) is 12.2 Å². The minimum Gasteiger partial charge on any atom is -0.462 e. The van der Waals surface area contributed by atoms with Crippen molar-refractivity contribution in [3.63, 3.8) is 0 Å². The van der Waals surface area contributed by atoms with Gasteiger partial charge in [-0.1, -0.05) is 145 Å². The average Bonchev–Trinajstić information content (AvgIpc) is 2.86. The van der Waals surface area contributed by atoms with Crippen molar-refractivity contribution < 1.29 is 9.53 Å². The third-order valence-electron chi connectivity index (χ3n) is 4.98. The van der Waals surface area contributed by atoms with Crippen LogP contribution in [0.5, 0.6) is 0 Å². The van der Waals surface area contributed by atoms with Crippen LogP contribution in [0.1, 0.15) is 76.0 Å². The standard InChI is InChI=1S/C14H26O2.C10H10.C8H8/c1-12(2)10-8-6-5-7-9-11-16-14(15)13(3)4;1-3-9-7-5-6-8-10(9)4-2;1-2-8-6-4-3-5-7-8/h12H,3,5-11H2,1-2,4H3;3-8H,1-2H2;2-7H,1H2. The van der Waals surface area contributed by atoms with Gasteiger partial charge in [-0.15, -0.1) is 0 Å². The van der Waals surface area contributed by atoms with E-state index in [1.165, 1.54) is 31.2 Å². The molecule has 0 aliphatic heterocycles. The number of rotatable bonds is 12. The first kappa shape index (κ1) is 30.9. The first-order chi connectivity index (χ1) is 16.3. The van der Waals surface area contributed by atoms with Crippen LogP contribution in [0.2, 0.25) is 0 Å². The van der Waals surface area contributed by atoms with E-state index < -0.39 is 0 Å². The smallest absolute Gasteiger partial charge is 0.333 e. The highest BCUT2D eigenvalue weighted by Gasteiger charge is 2.01. The fourth-order valence-electron chi connectivity index (χ4n) is 2.94. The maximum absolute atomic E-state index is 11.0. The van der Waals surface area contributed by atoms with Gasteiger partial charge in [0.05, 0.1) is 6.61 Å². The molecule has 2 nitrogen and oxygen atoms in total. The molecule has 0 N–H and O–H groups in total. The molecule has 0 unspecified atom stereocenters. The predicted molar refractivity (Wildman–Crippen MR) is 151 cm³/mol. The number of carbonyl (C=O) groups excluding carboxylic acids is 1. The summed E-state index contributed by atoms with van der Waals surface area (Å²) in [7, 11) is 0. The molecule has 2 heteroatoms. The lowest BCUT2D eigenvalue weighted by atomic mass is 10.0. The Morgan fingerprint density at radius 1 is 0.794 bits per heavy atom. The van der Waals surface area contributed by atoms with Crippen LogP contribution < -0.4 is 0 Å². The number of unbranched alkanes of at least 4 members (excludes halogenated alkanes) is 4. The highest BCUT2D eigenvalue weighted by Crippen LogP contribution is 2.11. The maximum Gasteiger partial charge on any atom is 0.333 e. The molecule has 0 aromatic heterocycles. The van der Waals surface area contributed by atoms with Crippen molar-refractivity contribution in [2.24, 2.45) is 5.92 Å². The van der Waals surface area contributed by atoms with Crippen LogP contribution in [0.4, 0.5) is 0 Å². The predicted octanol–water partition coefficient (Wildman–Crippen LogP) is 9.40. The highest BCUT2D eigenvalue weighted by atomic mass is 16.5. The quantitative estimate of drug-likeness (QED) is 0.179. The summed E-state index contributed by atoms with van der Waals surface area (Å²) in [5, 5.41) is 0. The summed E-state index contributed by atoms with van der Waals surface area (Å²) < 4.78 is 5.01. The Balaban J connectivity index is 0.000000514. The molecule has 2 aromatic rings. The fourth-order valence-corrected chi connectivity index (χ4v) is 2.94. The van der Waals surface area contributed by atoms with Crippen LogP contribution in [0.3, 0.4) is 0 Å². The molecule has 0 radical (unpaired) electrons. The molecular formula is C32H44O2. The Bertz CT molecular complexity index is 819. The lowest BCUT2D eigenvalue weighted by Gasteiger charge is -2.05. The largest absolute Gasteiger partial charge is 0.462 e. The second-order valence-corrected chi connectivity index (χ2v) is 8.52. The van der Waals surface area contributed by atoms with Crippen molar-refractivity contribution in [2.75, 3.05) is 6.61 Å². The lowest BCUT2D eigenvalue weighted by molar-refractivity contribution is -0.139.